The van der Waals surface area contributed by atoms with Gasteiger partial charge in [-0.3, -0.25) is 4.79 Å². The van der Waals surface area contributed by atoms with Gasteiger partial charge in [-0.25, -0.2) is 13.6 Å². The van der Waals surface area contributed by atoms with Crippen LogP contribution in [-0.2, 0) is 9.59 Å². The summed E-state index contributed by atoms with van der Waals surface area (Å²) >= 11 is 0. The Balaban J connectivity index is 0.000000412. The van der Waals surface area contributed by atoms with E-state index in [9.17, 15) is 26.7 Å². The zero-order valence-electron chi connectivity index (χ0n) is 13.8. The zero-order chi connectivity index (χ0) is 20.0. The van der Waals surface area contributed by atoms with Gasteiger partial charge in [-0.05, 0) is 11.5 Å². The molecule has 1 amide bonds. The maximum absolute atomic E-state index is 13.4. The van der Waals surface area contributed by atoms with Crippen molar-refractivity contribution in [2.45, 2.75) is 37.4 Å². The van der Waals surface area contributed by atoms with Gasteiger partial charge in [-0.2, -0.15) is 13.2 Å². The average molecular weight is 382 g/mol. The van der Waals surface area contributed by atoms with Crippen molar-refractivity contribution < 1.29 is 36.6 Å². The van der Waals surface area contributed by atoms with E-state index in [2.05, 4.69) is 10.6 Å². The quantitative estimate of drug-likeness (QED) is 0.700. The van der Waals surface area contributed by atoms with Crippen molar-refractivity contribution in [3.8, 4) is 0 Å². The molecule has 1 heterocycles. The van der Waals surface area contributed by atoms with Gasteiger partial charge in [0, 0.05) is 13.0 Å². The molecule has 3 N–H and O–H groups in total. The van der Waals surface area contributed by atoms with Crippen molar-refractivity contribution in [1.82, 2.24) is 10.6 Å². The number of nitrogens with one attached hydrogen (secondary N) is 2. The van der Waals surface area contributed by atoms with Crippen LogP contribution in [0.5, 0.6) is 0 Å². The molecule has 1 aliphatic heterocycles. The van der Waals surface area contributed by atoms with Crippen LogP contribution in [0.2, 0.25) is 0 Å². The first kappa shape index (κ1) is 21.8. The number of carboxylic acid groups (broad SMARTS) is 1. The van der Waals surface area contributed by atoms with E-state index >= 15 is 0 Å². The largest absolute Gasteiger partial charge is 0.490 e. The average Bonchev–Trinajstić information content (AvgIpc) is 2.86. The summed E-state index contributed by atoms with van der Waals surface area (Å²) in [7, 11) is 0. The van der Waals surface area contributed by atoms with Gasteiger partial charge in [0.05, 0.1) is 6.54 Å². The van der Waals surface area contributed by atoms with E-state index < -0.39 is 24.1 Å². The molecule has 2 unspecified atom stereocenters. The van der Waals surface area contributed by atoms with Crippen molar-refractivity contribution in [3.63, 3.8) is 0 Å². The van der Waals surface area contributed by atoms with Crippen molar-refractivity contribution in [2.75, 3.05) is 13.1 Å². The monoisotopic (exact) mass is 382 g/mol. The molecule has 0 spiro atoms. The number of halogens is 5. The van der Waals surface area contributed by atoms with E-state index in [1.54, 1.807) is 0 Å². The molecule has 26 heavy (non-hydrogen) atoms. The van der Waals surface area contributed by atoms with Crippen LogP contribution in [-0.4, -0.2) is 48.2 Å². The highest BCUT2D eigenvalue weighted by atomic mass is 19.4. The van der Waals surface area contributed by atoms with Crippen molar-refractivity contribution >= 4 is 11.9 Å². The third kappa shape index (κ3) is 6.95. The Morgan fingerprint density at radius 2 is 1.85 bits per heavy atom. The third-order valence-electron chi connectivity index (χ3n) is 3.66. The summed E-state index contributed by atoms with van der Waals surface area (Å²) in [6.07, 6.45) is -4.86. The van der Waals surface area contributed by atoms with E-state index in [-0.39, 0.29) is 31.3 Å². The Hall–Kier alpha value is -2.23. The Morgan fingerprint density at radius 1 is 1.31 bits per heavy atom. The van der Waals surface area contributed by atoms with Crippen LogP contribution in [0.1, 0.15) is 24.8 Å². The molecule has 1 aliphatic rings. The minimum absolute atomic E-state index is 0.0178. The zero-order valence-corrected chi connectivity index (χ0v) is 13.8. The molecule has 0 aromatic heterocycles. The van der Waals surface area contributed by atoms with Gasteiger partial charge in [0.2, 0.25) is 5.91 Å². The first-order valence-corrected chi connectivity index (χ1v) is 7.66. The summed E-state index contributed by atoms with van der Waals surface area (Å²) in [4.78, 5) is 20.7. The van der Waals surface area contributed by atoms with Gasteiger partial charge in [0.1, 0.15) is 6.04 Å². The minimum Gasteiger partial charge on any atom is -0.475 e. The highest BCUT2D eigenvalue weighted by molar-refractivity contribution is 5.77. The smallest absolute Gasteiger partial charge is 0.475 e. The molecule has 0 aliphatic carbocycles. The summed E-state index contributed by atoms with van der Waals surface area (Å²) in [5.41, 5.74) is 1.04. The first-order chi connectivity index (χ1) is 11.9. The molecule has 0 saturated carbocycles. The molecule has 1 aromatic rings. The molecule has 1 fully saturated rings. The van der Waals surface area contributed by atoms with Crippen LogP contribution in [0.25, 0.3) is 0 Å². The number of aliphatic carboxylic acids is 1. The highest BCUT2D eigenvalue weighted by Crippen LogP contribution is 2.23. The number of carboxylic acids is 1. The molecule has 1 aromatic carbocycles. The van der Waals surface area contributed by atoms with Crippen LogP contribution in [0.3, 0.4) is 0 Å². The number of carbonyl (C=O) groups is 2. The lowest BCUT2D eigenvalue weighted by Crippen LogP contribution is -2.46. The molecule has 1 saturated heterocycles. The van der Waals surface area contributed by atoms with Crippen LogP contribution >= 0.6 is 0 Å². The van der Waals surface area contributed by atoms with Crippen molar-refractivity contribution in [1.29, 1.82) is 0 Å². The fraction of sp³-hybridized carbons (Fsp3) is 0.500. The third-order valence-corrected chi connectivity index (χ3v) is 3.66. The maximum atomic E-state index is 13.4. The summed E-state index contributed by atoms with van der Waals surface area (Å²) in [5, 5.41) is 12.1. The number of hydrogen-bond acceptors (Lipinski definition) is 3. The highest BCUT2D eigenvalue weighted by Gasteiger charge is 2.44. The molecular formula is C16H19F5N2O3. The lowest BCUT2D eigenvalue weighted by atomic mass is 9.97. The summed E-state index contributed by atoms with van der Waals surface area (Å²) in [5.74, 6) is -5.92. The molecule has 2 atom stereocenters. The summed E-state index contributed by atoms with van der Waals surface area (Å²) in [6.45, 7) is 1.67. The standard InChI is InChI=1S/C14H18F2N2O.C2HF3O2/c1-10(11-5-3-2-4-6-11)7-13(19)18-12-8-17-9-14(12,15)16;3-2(4,5)1(6)7/h2-6,10,12,17H,7-9H2,1H3,(H,18,19);(H,6,7). The predicted octanol–water partition coefficient (Wildman–Crippen LogP) is 2.54. The number of amides is 1. The Kier molecular flexibility index (Phi) is 7.49. The topological polar surface area (TPSA) is 78.4 Å². The molecule has 5 nitrogen and oxygen atoms in total. The fourth-order valence-electron chi connectivity index (χ4n) is 2.24. The number of rotatable bonds is 4. The maximum Gasteiger partial charge on any atom is 0.490 e. The lowest BCUT2D eigenvalue weighted by molar-refractivity contribution is -0.192. The van der Waals surface area contributed by atoms with E-state index in [4.69, 9.17) is 9.90 Å². The van der Waals surface area contributed by atoms with Crippen LogP contribution in [0, 0.1) is 0 Å². The predicted molar refractivity (Wildman–Crippen MR) is 82.9 cm³/mol. The van der Waals surface area contributed by atoms with E-state index in [0.717, 1.165) is 5.56 Å². The summed E-state index contributed by atoms with van der Waals surface area (Å²) in [6, 6.07) is 8.48. The molecule has 146 valence electrons. The fourth-order valence-corrected chi connectivity index (χ4v) is 2.24. The van der Waals surface area contributed by atoms with Crippen LogP contribution < -0.4 is 10.6 Å². The molecule has 0 bridgehead atoms. The first-order valence-electron chi connectivity index (χ1n) is 7.66. The van der Waals surface area contributed by atoms with Gasteiger partial charge in [0.25, 0.3) is 5.92 Å². The second-order valence-electron chi connectivity index (χ2n) is 5.83. The normalized spacial score (nSPS) is 19.8. The van der Waals surface area contributed by atoms with E-state index in [0.29, 0.717) is 0 Å². The number of benzene rings is 1. The number of alkyl halides is 5. The second kappa shape index (κ2) is 8.93. The Bertz CT molecular complexity index is 608. The molecule has 2 rings (SSSR count). The number of hydrogen-bond donors (Lipinski definition) is 3. The van der Waals surface area contributed by atoms with Gasteiger partial charge in [0.15, 0.2) is 0 Å². The van der Waals surface area contributed by atoms with E-state index in [1.165, 1.54) is 0 Å². The van der Waals surface area contributed by atoms with Gasteiger partial charge in [-0.1, -0.05) is 37.3 Å². The molecule has 0 radical (unpaired) electrons. The SMILES string of the molecule is CC(CC(=O)NC1CNCC1(F)F)c1ccccc1.O=C(O)C(F)(F)F. The van der Waals surface area contributed by atoms with Crippen LogP contribution in [0.4, 0.5) is 22.0 Å². The number of carbonyl (C=O) groups excluding carboxylic acids is 1. The molecular weight excluding hydrogens is 363 g/mol. The minimum atomic E-state index is -5.08. The Morgan fingerprint density at radius 3 is 2.27 bits per heavy atom. The summed E-state index contributed by atoms with van der Waals surface area (Å²) < 4.78 is 58.4. The van der Waals surface area contributed by atoms with E-state index in [1.807, 2.05) is 37.3 Å². The van der Waals surface area contributed by atoms with Gasteiger partial charge >= 0.3 is 12.1 Å². The van der Waals surface area contributed by atoms with Gasteiger partial charge in [-0.15, -0.1) is 0 Å². The van der Waals surface area contributed by atoms with Crippen molar-refractivity contribution in [3.05, 3.63) is 35.9 Å². The second-order valence-corrected chi connectivity index (χ2v) is 5.83. The molecule has 10 heteroatoms. The Labute approximate surface area is 146 Å². The van der Waals surface area contributed by atoms with Crippen molar-refractivity contribution in [2.24, 2.45) is 0 Å². The van der Waals surface area contributed by atoms with Gasteiger partial charge < -0.3 is 15.7 Å². The lowest BCUT2D eigenvalue weighted by Gasteiger charge is -2.20. The van der Waals surface area contributed by atoms with Crippen LogP contribution in [0.15, 0.2) is 30.3 Å².